The van der Waals surface area contributed by atoms with Crippen LogP contribution in [0.2, 0.25) is 0 Å². The molecule has 0 amide bonds. The zero-order valence-electron chi connectivity index (χ0n) is 11.5. The molecule has 0 aromatic heterocycles. The van der Waals surface area contributed by atoms with E-state index in [2.05, 4.69) is 23.4 Å². The molecule has 0 radical (unpaired) electrons. The zero-order valence-corrected chi connectivity index (χ0v) is 12.3. The van der Waals surface area contributed by atoms with Crippen LogP contribution in [0.4, 0.5) is 0 Å². The Labute approximate surface area is 111 Å². The Morgan fingerprint density at radius 1 is 1.29 bits per heavy atom. The maximum atomic E-state index is 3.86. The van der Waals surface area contributed by atoms with Crippen molar-refractivity contribution in [2.75, 3.05) is 31.6 Å². The maximum absolute atomic E-state index is 3.86. The molecular formula is C14H28N2S. The van der Waals surface area contributed by atoms with Crippen molar-refractivity contribution in [2.45, 2.75) is 57.0 Å². The van der Waals surface area contributed by atoms with Gasteiger partial charge in [0.1, 0.15) is 0 Å². The molecule has 17 heavy (non-hydrogen) atoms. The minimum Gasteiger partial charge on any atom is -0.310 e. The van der Waals surface area contributed by atoms with E-state index in [1.807, 2.05) is 11.8 Å². The van der Waals surface area contributed by atoms with E-state index in [0.29, 0.717) is 5.54 Å². The first-order valence-corrected chi connectivity index (χ1v) is 8.67. The molecule has 1 saturated heterocycles. The molecule has 2 aliphatic rings. The number of nitrogens with one attached hydrogen (secondary N) is 1. The molecule has 2 rings (SSSR count). The van der Waals surface area contributed by atoms with Crippen LogP contribution in [0.5, 0.6) is 0 Å². The quantitative estimate of drug-likeness (QED) is 0.832. The van der Waals surface area contributed by atoms with Crippen LogP contribution in [-0.2, 0) is 0 Å². The van der Waals surface area contributed by atoms with Crippen LogP contribution in [0.25, 0.3) is 0 Å². The SMILES string of the molecule is CCC(CSC)N1CCCNC2(CCCC2)C1. The van der Waals surface area contributed by atoms with E-state index in [-0.39, 0.29) is 0 Å². The Morgan fingerprint density at radius 2 is 2.06 bits per heavy atom. The lowest BCUT2D eigenvalue weighted by Gasteiger charge is -2.37. The molecule has 1 atom stereocenters. The smallest absolute Gasteiger partial charge is 0.0308 e. The third-order valence-corrected chi connectivity index (χ3v) is 5.25. The molecule has 1 heterocycles. The summed E-state index contributed by atoms with van der Waals surface area (Å²) in [5.41, 5.74) is 0.475. The Balaban J connectivity index is 2.00. The first kappa shape index (κ1) is 13.7. The normalized spacial score (nSPS) is 27.2. The minimum atomic E-state index is 0.475. The van der Waals surface area contributed by atoms with E-state index in [1.165, 1.54) is 63.9 Å². The van der Waals surface area contributed by atoms with Crippen LogP contribution in [0.3, 0.4) is 0 Å². The number of thioether (sulfide) groups is 1. The lowest BCUT2D eigenvalue weighted by Crippen LogP contribution is -2.51. The van der Waals surface area contributed by atoms with Gasteiger partial charge in [-0.2, -0.15) is 11.8 Å². The van der Waals surface area contributed by atoms with Crippen LogP contribution >= 0.6 is 11.8 Å². The minimum absolute atomic E-state index is 0.475. The van der Waals surface area contributed by atoms with Crippen molar-refractivity contribution in [1.29, 1.82) is 0 Å². The summed E-state index contributed by atoms with van der Waals surface area (Å²) in [5.74, 6) is 1.30. The average molecular weight is 256 g/mol. The van der Waals surface area contributed by atoms with Gasteiger partial charge in [0.05, 0.1) is 0 Å². The molecule has 1 unspecified atom stereocenters. The predicted molar refractivity (Wildman–Crippen MR) is 77.9 cm³/mol. The summed E-state index contributed by atoms with van der Waals surface area (Å²) < 4.78 is 0. The third kappa shape index (κ3) is 3.39. The fourth-order valence-corrected chi connectivity index (χ4v) is 4.36. The predicted octanol–water partition coefficient (Wildman–Crippen LogP) is 2.74. The van der Waals surface area contributed by atoms with Crippen LogP contribution < -0.4 is 5.32 Å². The highest BCUT2D eigenvalue weighted by molar-refractivity contribution is 7.98. The van der Waals surface area contributed by atoms with Crippen molar-refractivity contribution in [1.82, 2.24) is 10.2 Å². The second kappa shape index (κ2) is 6.44. The summed E-state index contributed by atoms with van der Waals surface area (Å²) >= 11 is 2.00. The van der Waals surface area contributed by atoms with Gasteiger partial charge >= 0.3 is 0 Å². The van der Waals surface area contributed by atoms with Gasteiger partial charge in [-0.3, -0.25) is 4.90 Å². The molecular weight excluding hydrogens is 228 g/mol. The van der Waals surface area contributed by atoms with E-state index in [0.717, 1.165) is 6.04 Å². The van der Waals surface area contributed by atoms with Crippen LogP contribution in [0.15, 0.2) is 0 Å². The molecule has 3 heteroatoms. The standard InChI is InChI=1S/C14H28N2S/c1-3-13(11-17-2)16-10-6-9-15-14(12-16)7-4-5-8-14/h13,15H,3-12H2,1-2H3. The first-order chi connectivity index (χ1) is 8.29. The number of hydrogen-bond acceptors (Lipinski definition) is 3. The molecule has 1 aliphatic carbocycles. The van der Waals surface area contributed by atoms with Crippen molar-refractivity contribution in [3.8, 4) is 0 Å². The second-order valence-electron chi connectivity index (χ2n) is 5.76. The van der Waals surface area contributed by atoms with Crippen LogP contribution in [0, 0.1) is 0 Å². The monoisotopic (exact) mass is 256 g/mol. The topological polar surface area (TPSA) is 15.3 Å². The highest BCUT2D eigenvalue weighted by atomic mass is 32.2. The summed E-state index contributed by atoms with van der Waals surface area (Å²) in [6, 6.07) is 0.794. The third-order valence-electron chi connectivity index (χ3n) is 4.54. The molecule has 2 fully saturated rings. The average Bonchev–Trinajstić information content (AvgIpc) is 2.68. The van der Waals surface area contributed by atoms with Gasteiger partial charge in [0.15, 0.2) is 0 Å². The zero-order chi connectivity index (χ0) is 12.1. The van der Waals surface area contributed by atoms with Crippen molar-refractivity contribution in [3.05, 3.63) is 0 Å². The molecule has 1 N–H and O–H groups in total. The van der Waals surface area contributed by atoms with Crippen molar-refractivity contribution in [3.63, 3.8) is 0 Å². The number of nitrogens with zero attached hydrogens (tertiary/aromatic N) is 1. The van der Waals surface area contributed by atoms with E-state index in [9.17, 15) is 0 Å². The first-order valence-electron chi connectivity index (χ1n) is 7.28. The highest BCUT2D eigenvalue weighted by Crippen LogP contribution is 2.32. The van der Waals surface area contributed by atoms with Gasteiger partial charge in [-0.05, 0) is 45.0 Å². The van der Waals surface area contributed by atoms with Gasteiger partial charge in [-0.1, -0.05) is 19.8 Å². The highest BCUT2D eigenvalue weighted by Gasteiger charge is 2.37. The largest absolute Gasteiger partial charge is 0.310 e. The molecule has 1 aliphatic heterocycles. The van der Waals surface area contributed by atoms with E-state index in [4.69, 9.17) is 0 Å². The van der Waals surface area contributed by atoms with Gasteiger partial charge in [-0.25, -0.2) is 0 Å². The van der Waals surface area contributed by atoms with Gasteiger partial charge < -0.3 is 5.32 Å². The number of hydrogen-bond donors (Lipinski definition) is 1. The van der Waals surface area contributed by atoms with Crippen LogP contribution in [0.1, 0.15) is 45.4 Å². The maximum Gasteiger partial charge on any atom is 0.0308 e. The lowest BCUT2D eigenvalue weighted by molar-refractivity contribution is 0.164. The molecule has 1 spiro atoms. The van der Waals surface area contributed by atoms with Gasteiger partial charge in [0.2, 0.25) is 0 Å². The summed E-state index contributed by atoms with van der Waals surface area (Å²) in [6.07, 6.45) is 10.5. The molecule has 0 aromatic rings. The Morgan fingerprint density at radius 3 is 2.71 bits per heavy atom. The fraction of sp³-hybridized carbons (Fsp3) is 1.00. The molecule has 100 valence electrons. The van der Waals surface area contributed by atoms with E-state index in [1.54, 1.807) is 0 Å². The van der Waals surface area contributed by atoms with Crippen LogP contribution in [-0.4, -0.2) is 48.1 Å². The lowest BCUT2D eigenvalue weighted by atomic mass is 9.96. The van der Waals surface area contributed by atoms with E-state index < -0.39 is 0 Å². The molecule has 0 bridgehead atoms. The van der Waals surface area contributed by atoms with Crippen molar-refractivity contribution >= 4 is 11.8 Å². The van der Waals surface area contributed by atoms with E-state index >= 15 is 0 Å². The van der Waals surface area contributed by atoms with Crippen molar-refractivity contribution < 1.29 is 0 Å². The van der Waals surface area contributed by atoms with Crippen molar-refractivity contribution in [2.24, 2.45) is 0 Å². The summed E-state index contributed by atoms with van der Waals surface area (Å²) in [5, 5.41) is 3.86. The summed E-state index contributed by atoms with van der Waals surface area (Å²) in [7, 11) is 0. The Hall–Kier alpha value is 0.270. The molecule has 0 aromatic carbocycles. The van der Waals surface area contributed by atoms with Gasteiger partial charge in [0, 0.05) is 23.9 Å². The van der Waals surface area contributed by atoms with Gasteiger partial charge in [0.25, 0.3) is 0 Å². The molecule has 1 saturated carbocycles. The summed E-state index contributed by atoms with van der Waals surface area (Å²) in [6.45, 7) is 6.17. The number of rotatable bonds is 4. The Kier molecular flexibility index (Phi) is 5.19. The molecule has 2 nitrogen and oxygen atoms in total. The second-order valence-corrected chi connectivity index (χ2v) is 6.67. The van der Waals surface area contributed by atoms with Gasteiger partial charge in [-0.15, -0.1) is 0 Å². The summed E-state index contributed by atoms with van der Waals surface area (Å²) in [4.78, 5) is 2.78. The fourth-order valence-electron chi connectivity index (χ4n) is 3.53. The Bertz CT molecular complexity index is 226.